The molecule has 16 heteroatoms. The fourth-order valence-electron chi connectivity index (χ4n) is 5.47. The van der Waals surface area contributed by atoms with Gasteiger partial charge in [-0.1, -0.05) is 78.3 Å². The maximum Gasteiger partial charge on any atom is 0.573 e. The summed E-state index contributed by atoms with van der Waals surface area (Å²) in [5.74, 6) is -5.79. The average Bonchev–Trinajstić information content (AvgIpc) is 3.07. The van der Waals surface area contributed by atoms with Crippen molar-refractivity contribution in [3.05, 3.63) is 59.7 Å². The Balaban J connectivity index is 2.26. The largest absolute Gasteiger partial charge is 0.573 e. The summed E-state index contributed by atoms with van der Waals surface area (Å²) in [6.45, 7) is 10.1. The predicted molar refractivity (Wildman–Crippen MR) is 189 cm³/mol. The smallest absolute Gasteiger partial charge is 0.496 e. The van der Waals surface area contributed by atoms with Gasteiger partial charge in [0.1, 0.15) is 29.6 Å². The van der Waals surface area contributed by atoms with Crippen molar-refractivity contribution in [3.8, 4) is 11.5 Å². The number of carboxylic acid groups (broad SMARTS) is 1. The van der Waals surface area contributed by atoms with E-state index < -0.39 is 103 Å². The number of carbonyl (C=O) groups is 5. The zero-order valence-corrected chi connectivity index (χ0v) is 31.0. The standard InChI is InChI=1S/C37H51F3N4O9/c1-8-22(6)33(35(49)44-32(21(4)5)36(50)51)43-30(47)19-27(45)26(16-23-12-10-9-11-13-23)41-34(48)31(20(2)3)42-29(46)18-24-17-25(53-37(38,39)40)14-15-28(24)52-7/h9-15,17,20-22,26-27,31-33,45H,8,16,18-19H2,1-7H3,(H,41,48)(H,42,46)(H,43,47)(H,44,49)(H,50,51)/t22-,26-,27-,31-,32-,33-/m0/s1. The Kier molecular flexibility index (Phi) is 17.1. The Morgan fingerprint density at radius 1 is 0.792 bits per heavy atom. The molecule has 0 fully saturated rings. The molecule has 13 nitrogen and oxygen atoms in total. The van der Waals surface area contributed by atoms with Crippen LogP contribution in [0.1, 0.15) is 65.5 Å². The number of amides is 4. The van der Waals surface area contributed by atoms with Gasteiger partial charge in [0.2, 0.25) is 23.6 Å². The van der Waals surface area contributed by atoms with Crippen molar-refractivity contribution in [1.29, 1.82) is 0 Å². The number of methoxy groups -OCH3 is 1. The monoisotopic (exact) mass is 752 g/mol. The van der Waals surface area contributed by atoms with Crippen molar-refractivity contribution in [2.24, 2.45) is 17.8 Å². The summed E-state index contributed by atoms with van der Waals surface area (Å²) >= 11 is 0. The first kappa shape index (κ1) is 44.3. The lowest BCUT2D eigenvalue weighted by Crippen LogP contribution is -2.57. The number of aliphatic hydroxyl groups is 1. The summed E-state index contributed by atoms with van der Waals surface area (Å²) in [7, 11) is 1.28. The molecule has 0 aromatic heterocycles. The van der Waals surface area contributed by atoms with E-state index in [1.807, 2.05) is 0 Å². The van der Waals surface area contributed by atoms with Crippen LogP contribution in [0.3, 0.4) is 0 Å². The highest BCUT2D eigenvalue weighted by molar-refractivity contribution is 5.91. The van der Waals surface area contributed by atoms with Crippen molar-refractivity contribution < 1.29 is 56.8 Å². The Morgan fingerprint density at radius 2 is 1.38 bits per heavy atom. The topological polar surface area (TPSA) is 192 Å². The maximum absolute atomic E-state index is 13.7. The second kappa shape index (κ2) is 20.4. The normalized spacial score (nSPS) is 15.0. The van der Waals surface area contributed by atoms with E-state index >= 15 is 0 Å². The van der Waals surface area contributed by atoms with Gasteiger partial charge in [-0.2, -0.15) is 0 Å². The van der Waals surface area contributed by atoms with Gasteiger partial charge in [0.25, 0.3) is 0 Å². The number of aliphatic hydroxyl groups excluding tert-OH is 1. The number of nitrogens with one attached hydrogen (secondary N) is 4. The van der Waals surface area contributed by atoms with Gasteiger partial charge in [-0.3, -0.25) is 19.2 Å². The molecule has 294 valence electrons. The number of carbonyl (C=O) groups excluding carboxylic acids is 4. The van der Waals surface area contributed by atoms with Crippen LogP contribution in [0.15, 0.2) is 48.5 Å². The first-order chi connectivity index (χ1) is 24.8. The van der Waals surface area contributed by atoms with Crippen molar-refractivity contribution >= 4 is 29.6 Å². The summed E-state index contributed by atoms with van der Waals surface area (Å²) < 4.78 is 47.6. The lowest BCUT2D eigenvalue weighted by Gasteiger charge is -2.30. The van der Waals surface area contributed by atoms with Crippen molar-refractivity contribution in [3.63, 3.8) is 0 Å². The molecule has 4 amide bonds. The summed E-state index contributed by atoms with van der Waals surface area (Å²) in [6, 6.07) is 7.56. The SMILES string of the molecule is CC[C@H](C)[C@H](NC(=O)C[C@H](O)[C@H](Cc1ccccc1)NC(=O)[C@@H](NC(=O)Cc1cc(OC(F)(F)F)ccc1OC)C(C)C)C(=O)N[C@H](C(=O)O)C(C)C. The number of benzene rings is 2. The molecule has 6 atom stereocenters. The van der Waals surface area contributed by atoms with Gasteiger partial charge in [-0.25, -0.2) is 4.79 Å². The molecule has 6 N–H and O–H groups in total. The molecule has 0 saturated heterocycles. The molecule has 2 aromatic rings. The second-order valence-corrected chi connectivity index (χ2v) is 13.6. The molecule has 0 spiro atoms. The fraction of sp³-hybridized carbons (Fsp3) is 0.541. The van der Waals surface area contributed by atoms with Gasteiger partial charge >= 0.3 is 12.3 Å². The van der Waals surface area contributed by atoms with Crippen LogP contribution in [0.5, 0.6) is 11.5 Å². The summed E-state index contributed by atoms with van der Waals surface area (Å²) in [5, 5.41) is 31.3. The van der Waals surface area contributed by atoms with E-state index in [4.69, 9.17) is 4.74 Å². The summed E-state index contributed by atoms with van der Waals surface area (Å²) in [4.78, 5) is 65.0. The zero-order valence-electron chi connectivity index (χ0n) is 31.0. The minimum atomic E-state index is -4.96. The van der Waals surface area contributed by atoms with Gasteiger partial charge in [0.15, 0.2) is 0 Å². The number of aliphatic carboxylic acids is 1. The molecule has 0 aliphatic rings. The number of halogens is 3. The highest BCUT2D eigenvalue weighted by atomic mass is 19.4. The first-order valence-electron chi connectivity index (χ1n) is 17.3. The summed E-state index contributed by atoms with van der Waals surface area (Å²) in [5.41, 5.74) is 0.783. The van der Waals surface area contributed by atoms with Crippen molar-refractivity contribution in [1.82, 2.24) is 21.3 Å². The molecular weight excluding hydrogens is 701 g/mol. The van der Waals surface area contributed by atoms with Gasteiger partial charge < -0.3 is 41.0 Å². The molecule has 53 heavy (non-hydrogen) atoms. The van der Waals surface area contributed by atoms with Crippen LogP contribution in [0, 0.1) is 17.8 Å². The molecule has 0 aliphatic carbocycles. The third-order valence-electron chi connectivity index (χ3n) is 8.63. The zero-order chi connectivity index (χ0) is 40.0. The molecule has 0 aliphatic heterocycles. The lowest BCUT2D eigenvalue weighted by molar-refractivity contribution is -0.274. The van der Waals surface area contributed by atoms with E-state index in [0.717, 1.165) is 12.1 Å². The molecule has 0 unspecified atom stereocenters. The Bertz CT molecular complexity index is 1540. The minimum Gasteiger partial charge on any atom is -0.496 e. The van der Waals surface area contributed by atoms with E-state index in [9.17, 15) is 47.4 Å². The molecule has 0 bridgehead atoms. The average molecular weight is 753 g/mol. The van der Waals surface area contributed by atoms with Crippen LogP contribution in [-0.4, -0.2) is 83.6 Å². The number of rotatable bonds is 20. The number of carboxylic acids is 1. The molecular formula is C37H51F3N4O9. The fourth-order valence-corrected chi connectivity index (χ4v) is 5.47. The number of alkyl halides is 3. The molecule has 2 aromatic carbocycles. The predicted octanol–water partition coefficient (Wildman–Crippen LogP) is 3.51. The van der Waals surface area contributed by atoms with Gasteiger partial charge in [-0.15, -0.1) is 13.2 Å². The van der Waals surface area contributed by atoms with Crippen LogP contribution >= 0.6 is 0 Å². The highest BCUT2D eigenvalue weighted by Gasteiger charge is 2.34. The van der Waals surface area contributed by atoms with Crippen LogP contribution in [0.2, 0.25) is 0 Å². The Hall–Kier alpha value is -4.86. The number of ether oxygens (including phenoxy) is 2. The summed E-state index contributed by atoms with van der Waals surface area (Å²) in [6.07, 6.45) is -6.90. The Labute approximate surface area is 307 Å². The third-order valence-corrected chi connectivity index (χ3v) is 8.63. The van der Waals surface area contributed by atoms with Gasteiger partial charge in [-0.05, 0) is 47.9 Å². The minimum absolute atomic E-state index is 0.0742. The first-order valence-corrected chi connectivity index (χ1v) is 17.3. The quantitative estimate of drug-likeness (QED) is 0.118. The number of hydrogen-bond donors (Lipinski definition) is 6. The Morgan fingerprint density at radius 3 is 1.91 bits per heavy atom. The van der Waals surface area contributed by atoms with E-state index in [1.54, 1.807) is 71.9 Å². The van der Waals surface area contributed by atoms with Crippen LogP contribution in [-0.2, 0) is 36.8 Å². The van der Waals surface area contributed by atoms with Crippen LogP contribution in [0.25, 0.3) is 0 Å². The second-order valence-electron chi connectivity index (χ2n) is 13.6. The molecule has 0 heterocycles. The molecule has 0 radical (unpaired) electrons. The van der Waals surface area contributed by atoms with E-state index in [1.165, 1.54) is 13.2 Å². The lowest BCUT2D eigenvalue weighted by atomic mass is 9.95. The van der Waals surface area contributed by atoms with E-state index in [2.05, 4.69) is 26.0 Å². The van der Waals surface area contributed by atoms with Gasteiger partial charge in [0, 0.05) is 5.56 Å². The maximum atomic E-state index is 13.7. The van der Waals surface area contributed by atoms with Crippen molar-refractivity contribution in [2.45, 2.75) is 104 Å². The van der Waals surface area contributed by atoms with Crippen molar-refractivity contribution in [2.75, 3.05) is 7.11 Å². The molecule has 2 rings (SSSR count). The van der Waals surface area contributed by atoms with Gasteiger partial charge in [0.05, 0.1) is 32.1 Å². The van der Waals surface area contributed by atoms with Crippen LogP contribution < -0.4 is 30.7 Å². The van der Waals surface area contributed by atoms with E-state index in [0.29, 0.717) is 12.0 Å². The van der Waals surface area contributed by atoms with E-state index in [-0.39, 0.29) is 17.7 Å². The molecule has 0 saturated carbocycles. The third kappa shape index (κ3) is 14.6. The van der Waals surface area contributed by atoms with Crippen LogP contribution in [0.4, 0.5) is 13.2 Å². The highest BCUT2D eigenvalue weighted by Crippen LogP contribution is 2.29. The number of hydrogen-bond acceptors (Lipinski definition) is 8.